The Morgan fingerprint density at radius 1 is 1.36 bits per heavy atom. The molecule has 0 atom stereocenters. The third-order valence-electron chi connectivity index (χ3n) is 2.26. The Kier molecular flexibility index (Phi) is 2.09. The van der Waals surface area contributed by atoms with Crippen LogP contribution in [-0.4, -0.2) is 4.98 Å². The first-order valence-corrected chi connectivity index (χ1v) is 4.53. The van der Waals surface area contributed by atoms with Gasteiger partial charge >= 0.3 is 0 Å². The molecule has 0 unspecified atom stereocenters. The summed E-state index contributed by atoms with van der Waals surface area (Å²) in [6.45, 7) is 2.33. The Balaban J connectivity index is 2.82. The molecule has 72 valence electrons. The summed E-state index contributed by atoms with van der Waals surface area (Å²) in [5, 5.41) is 0.707. The molecule has 0 aliphatic carbocycles. The Morgan fingerprint density at radius 2 is 2.14 bits per heavy atom. The van der Waals surface area contributed by atoms with E-state index in [1.54, 1.807) is 6.07 Å². The predicted molar refractivity (Wildman–Crippen MR) is 57.2 cm³/mol. The van der Waals surface area contributed by atoms with Crippen molar-refractivity contribution in [3.8, 4) is 0 Å². The van der Waals surface area contributed by atoms with Crippen LogP contribution in [0.15, 0.2) is 29.1 Å². The van der Waals surface area contributed by atoms with E-state index in [0.29, 0.717) is 11.9 Å². The monoisotopic (exact) mass is 188 g/mol. The van der Waals surface area contributed by atoms with Crippen molar-refractivity contribution in [1.29, 1.82) is 0 Å². The standard InChI is InChI=1S/C11H12N2O/c1-7-4-11(14)9-5-8(6-12)2-3-10(9)13-7/h2-5H,6,12H2,1H3,(H,13,14). The lowest BCUT2D eigenvalue weighted by molar-refractivity contribution is 1.07. The number of nitrogens with one attached hydrogen (secondary N) is 1. The van der Waals surface area contributed by atoms with Gasteiger partial charge in [0, 0.05) is 29.2 Å². The normalized spacial score (nSPS) is 10.7. The molecule has 1 aromatic carbocycles. The molecule has 1 heterocycles. The highest BCUT2D eigenvalue weighted by Gasteiger charge is 2.00. The van der Waals surface area contributed by atoms with Crippen molar-refractivity contribution in [2.45, 2.75) is 13.5 Å². The number of hydrogen-bond acceptors (Lipinski definition) is 2. The summed E-state index contributed by atoms with van der Waals surface area (Å²) in [7, 11) is 0. The van der Waals surface area contributed by atoms with Crippen LogP contribution in [0.3, 0.4) is 0 Å². The number of aromatic nitrogens is 1. The second-order valence-electron chi connectivity index (χ2n) is 3.40. The zero-order valence-electron chi connectivity index (χ0n) is 8.00. The number of fused-ring (bicyclic) bond motifs is 1. The smallest absolute Gasteiger partial charge is 0.189 e. The fourth-order valence-corrected chi connectivity index (χ4v) is 1.55. The lowest BCUT2D eigenvalue weighted by atomic mass is 10.1. The molecule has 0 fully saturated rings. The SMILES string of the molecule is Cc1cc(=O)c2cc(CN)ccc2[nH]1. The first-order chi connectivity index (χ1) is 6.70. The van der Waals surface area contributed by atoms with Crippen LogP contribution in [0.25, 0.3) is 10.9 Å². The molecule has 0 saturated heterocycles. The number of H-pyrrole nitrogens is 1. The number of nitrogens with two attached hydrogens (primary N) is 1. The molecule has 0 saturated carbocycles. The van der Waals surface area contributed by atoms with E-state index in [2.05, 4.69) is 4.98 Å². The quantitative estimate of drug-likeness (QED) is 0.708. The van der Waals surface area contributed by atoms with E-state index < -0.39 is 0 Å². The Hall–Kier alpha value is -1.61. The van der Waals surface area contributed by atoms with Crippen LogP contribution in [0.2, 0.25) is 0 Å². The molecule has 2 aromatic rings. The summed E-state index contributed by atoms with van der Waals surface area (Å²) in [6.07, 6.45) is 0. The van der Waals surface area contributed by atoms with Gasteiger partial charge in [-0.15, -0.1) is 0 Å². The average Bonchev–Trinajstić information content (AvgIpc) is 2.17. The van der Waals surface area contributed by atoms with Crippen LogP contribution in [-0.2, 0) is 6.54 Å². The first-order valence-electron chi connectivity index (χ1n) is 4.53. The van der Waals surface area contributed by atoms with Crippen LogP contribution >= 0.6 is 0 Å². The van der Waals surface area contributed by atoms with Gasteiger partial charge in [-0.3, -0.25) is 4.79 Å². The highest BCUT2D eigenvalue weighted by Crippen LogP contribution is 2.10. The Morgan fingerprint density at radius 3 is 2.86 bits per heavy atom. The van der Waals surface area contributed by atoms with Crippen molar-refractivity contribution >= 4 is 10.9 Å². The summed E-state index contributed by atoms with van der Waals surface area (Å²) in [4.78, 5) is 14.7. The number of rotatable bonds is 1. The van der Waals surface area contributed by atoms with E-state index in [0.717, 1.165) is 16.8 Å². The van der Waals surface area contributed by atoms with Crippen molar-refractivity contribution in [3.63, 3.8) is 0 Å². The molecular weight excluding hydrogens is 176 g/mol. The minimum absolute atomic E-state index is 0.0477. The number of hydrogen-bond donors (Lipinski definition) is 2. The van der Waals surface area contributed by atoms with Crippen molar-refractivity contribution in [1.82, 2.24) is 4.98 Å². The van der Waals surface area contributed by atoms with Gasteiger partial charge in [0.2, 0.25) is 0 Å². The van der Waals surface area contributed by atoms with E-state index in [9.17, 15) is 4.79 Å². The van der Waals surface area contributed by atoms with Gasteiger partial charge in [-0.1, -0.05) is 6.07 Å². The highest BCUT2D eigenvalue weighted by atomic mass is 16.1. The van der Waals surface area contributed by atoms with Gasteiger partial charge < -0.3 is 10.7 Å². The molecule has 3 heteroatoms. The molecule has 0 radical (unpaired) electrons. The summed E-state index contributed by atoms with van der Waals surface area (Å²) >= 11 is 0. The maximum atomic E-state index is 11.6. The number of benzene rings is 1. The van der Waals surface area contributed by atoms with Gasteiger partial charge in [-0.05, 0) is 24.6 Å². The van der Waals surface area contributed by atoms with E-state index >= 15 is 0 Å². The van der Waals surface area contributed by atoms with Crippen molar-refractivity contribution in [2.75, 3.05) is 0 Å². The second-order valence-corrected chi connectivity index (χ2v) is 3.40. The Labute approximate surface area is 81.6 Å². The molecule has 3 N–H and O–H groups in total. The van der Waals surface area contributed by atoms with Gasteiger partial charge in [0.05, 0.1) is 0 Å². The lowest BCUT2D eigenvalue weighted by Gasteiger charge is -2.01. The van der Waals surface area contributed by atoms with Crippen LogP contribution in [0.4, 0.5) is 0 Å². The van der Waals surface area contributed by atoms with Crippen molar-refractivity contribution in [2.24, 2.45) is 5.73 Å². The van der Waals surface area contributed by atoms with Crippen LogP contribution in [0, 0.1) is 6.92 Å². The molecule has 1 aromatic heterocycles. The largest absolute Gasteiger partial charge is 0.358 e. The molecule has 0 aliphatic heterocycles. The number of aryl methyl sites for hydroxylation is 1. The molecule has 0 amide bonds. The van der Waals surface area contributed by atoms with E-state index in [1.807, 2.05) is 25.1 Å². The van der Waals surface area contributed by atoms with Crippen molar-refractivity contribution in [3.05, 3.63) is 45.7 Å². The van der Waals surface area contributed by atoms with E-state index in [-0.39, 0.29) is 5.43 Å². The molecule has 2 rings (SSSR count). The minimum Gasteiger partial charge on any atom is -0.358 e. The molecule has 0 aliphatic rings. The minimum atomic E-state index is 0.0477. The summed E-state index contributed by atoms with van der Waals surface area (Å²) < 4.78 is 0. The fourth-order valence-electron chi connectivity index (χ4n) is 1.55. The van der Waals surface area contributed by atoms with Crippen molar-refractivity contribution < 1.29 is 0 Å². The van der Waals surface area contributed by atoms with Gasteiger partial charge in [-0.2, -0.15) is 0 Å². The van der Waals surface area contributed by atoms with Gasteiger partial charge in [0.25, 0.3) is 0 Å². The summed E-state index contributed by atoms with van der Waals surface area (Å²) in [6, 6.07) is 7.26. The predicted octanol–water partition coefficient (Wildman–Crippen LogP) is 1.30. The molecule has 0 spiro atoms. The maximum absolute atomic E-state index is 11.6. The molecule has 3 nitrogen and oxygen atoms in total. The number of aromatic amines is 1. The van der Waals surface area contributed by atoms with E-state index in [1.165, 1.54) is 0 Å². The zero-order chi connectivity index (χ0) is 10.1. The fraction of sp³-hybridized carbons (Fsp3) is 0.182. The third kappa shape index (κ3) is 1.42. The summed E-state index contributed by atoms with van der Waals surface area (Å²) in [5.74, 6) is 0. The number of pyridine rings is 1. The van der Waals surface area contributed by atoms with Crippen LogP contribution in [0.5, 0.6) is 0 Å². The maximum Gasteiger partial charge on any atom is 0.189 e. The third-order valence-corrected chi connectivity index (χ3v) is 2.26. The molecule has 0 bridgehead atoms. The second kappa shape index (κ2) is 3.27. The Bertz CT molecular complexity index is 528. The topological polar surface area (TPSA) is 58.9 Å². The zero-order valence-corrected chi connectivity index (χ0v) is 8.00. The average molecular weight is 188 g/mol. The van der Waals surface area contributed by atoms with Gasteiger partial charge in [0.1, 0.15) is 0 Å². The van der Waals surface area contributed by atoms with Crippen LogP contribution in [0.1, 0.15) is 11.3 Å². The molecular formula is C11H12N2O. The van der Waals surface area contributed by atoms with E-state index in [4.69, 9.17) is 5.73 Å². The highest BCUT2D eigenvalue weighted by molar-refractivity contribution is 5.79. The lowest BCUT2D eigenvalue weighted by Crippen LogP contribution is -2.04. The van der Waals surface area contributed by atoms with Gasteiger partial charge in [0.15, 0.2) is 5.43 Å². The van der Waals surface area contributed by atoms with Gasteiger partial charge in [-0.25, -0.2) is 0 Å². The summed E-state index contributed by atoms with van der Waals surface area (Å²) in [5.41, 5.74) is 8.28. The first kappa shape index (κ1) is 8.97. The van der Waals surface area contributed by atoms with Crippen LogP contribution < -0.4 is 11.2 Å². The molecule has 14 heavy (non-hydrogen) atoms.